The molecule has 0 amide bonds. The van der Waals surface area contributed by atoms with Gasteiger partial charge in [0, 0.05) is 19.3 Å². The quantitative estimate of drug-likeness (QED) is 0.0261. The van der Waals surface area contributed by atoms with E-state index >= 15 is 0 Å². The van der Waals surface area contributed by atoms with Gasteiger partial charge in [0.2, 0.25) is 0 Å². The molecule has 0 bridgehead atoms. The molecule has 6 nitrogen and oxygen atoms in total. The Morgan fingerprint density at radius 2 is 0.476 bits per heavy atom. The van der Waals surface area contributed by atoms with Crippen molar-refractivity contribution in [1.82, 2.24) is 0 Å². The lowest BCUT2D eigenvalue weighted by Crippen LogP contribution is -2.30. The Morgan fingerprint density at radius 3 is 0.744 bits per heavy atom. The summed E-state index contributed by atoms with van der Waals surface area (Å²) in [6.45, 7) is 6.56. The van der Waals surface area contributed by atoms with Gasteiger partial charge in [-0.1, -0.05) is 338 Å². The highest BCUT2D eigenvalue weighted by Gasteiger charge is 2.19. The second-order valence-electron chi connectivity index (χ2n) is 24.1. The minimum atomic E-state index is -0.782. The molecule has 82 heavy (non-hydrogen) atoms. The first-order valence-corrected chi connectivity index (χ1v) is 35.9. The Bertz CT molecular complexity index is 1500. The third-order valence-corrected chi connectivity index (χ3v) is 15.9. The number of hydrogen-bond acceptors (Lipinski definition) is 6. The van der Waals surface area contributed by atoms with Gasteiger partial charge in [-0.25, -0.2) is 0 Å². The highest BCUT2D eigenvalue weighted by molar-refractivity contribution is 5.71. The van der Waals surface area contributed by atoms with Gasteiger partial charge in [-0.3, -0.25) is 14.4 Å². The number of unbranched alkanes of at least 4 members (excludes halogenated alkanes) is 43. The number of ether oxygens (including phenoxy) is 3. The van der Waals surface area contributed by atoms with Gasteiger partial charge in [-0.15, -0.1) is 0 Å². The zero-order chi connectivity index (χ0) is 59.2. The molecule has 0 saturated heterocycles. The summed E-state index contributed by atoms with van der Waals surface area (Å²) >= 11 is 0. The molecule has 0 rings (SSSR count). The summed E-state index contributed by atoms with van der Waals surface area (Å²) in [5, 5.41) is 0. The molecule has 0 aliphatic heterocycles. The van der Waals surface area contributed by atoms with E-state index in [0.29, 0.717) is 19.3 Å². The van der Waals surface area contributed by atoms with Crippen molar-refractivity contribution in [1.29, 1.82) is 0 Å². The highest BCUT2D eigenvalue weighted by Crippen LogP contribution is 2.18. The van der Waals surface area contributed by atoms with Crippen molar-refractivity contribution >= 4 is 17.9 Å². The van der Waals surface area contributed by atoms with E-state index in [-0.39, 0.29) is 31.1 Å². The molecule has 0 aromatic carbocycles. The Hall–Kier alpha value is -3.15. The number of hydrogen-bond donors (Lipinski definition) is 0. The third-order valence-electron chi connectivity index (χ3n) is 15.9. The molecule has 476 valence electrons. The molecule has 1 atom stereocenters. The fourth-order valence-electron chi connectivity index (χ4n) is 10.6. The van der Waals surface area contributed by atoms with Crippen molar-refractivity contribution in [3.8, 4) is 0 Å². The Morgan fingerprint density at radius 1 is 0.256 bits per heavy atom. The standard InChI is InChI=1S/C76H136O6/c1-4-7-10-13-16-19-22-25-28-30-32-34-35-36-37-38-39-40-41-42-44-45-48-51-54-57-60-63-66-69-75(78)81-72-73(71-80-74(77)68-65-62-59-56-53-50-47-27-24-21-18-15-12-9-6-3)82-76(79)70-67-64-61-58-55-52-49-46-43-33-31-29-26-23-20-17-14-11-8-5-2/h9,12,18,21-22,25,27,30,32,35-36,47,73H,4-8,10-11,13-17,19-20,23-24,26,28-29,31,33-34,37-46,48-72H2,1-3H3/b12-9-,21-18-,25-22-,32-30-,36-35-,47-27-. The minimum Gasteiger partial charge on any atom is -0.462 e. The Labute approximate surface area is 510 Å². The molecule has 0 aromatic heterocycles. The summed E-state index contributed by atoms with van der Waals surface area (Å²) in [6.07, 6.45) is 92.2. The van der Waals surface area contributed by atoms with E-state index in [9.17, 15) is 14.4 Å². The predicted octanol–water partition coefficient (Wildman–Crippen LogP) is 24.8. The van der Waals surface area contributed by atoms with Crippen LogP contribution in [0.2, 0.25) is 0 Å². The smallest absolute Gasteiger partial charge is 0.306 e. The third kappa shape index (κ3) is 67.6. The lowest BCUT2D eigenvalue weighted by atomic mass is 10.0. The van der Waals surface area contributed by atoms with E-state index in [1.165, 1.54) is 225 Å². The maximum absolute atomic E-state index is 13.0. The zero-order valence-corrected chi connectivity index (χ0v) is 54.8. The van der Waals surface area contributed by atoms with Gasteiger partial charge in [-0.2, -0.15) is 0 Å². The SMILES string of the molecule is CC/C=C\C/C=C\C/C=C\CCCCCCCC(=O)OCC(COC(=O)CCCCCCCCCCCCCCCC/C=C\C/C=C\C/C=C\CCCCCCC)OC(=O)CCCCCCCCCCCCCCCCCCCCCC. The number of carbonyl (C=O) groups is 3. The van der Waals surface area contributed by atoms with Crippen molar-refractivity contribution in [2.45, 2.75) is 380 Å². The van der Waals surface area contributed by atoms with Crippen molar-refractivity contribution < 1.29 is 28.6 Å². The molecular weight excluding hydrogens is 1010 g/mol. The van der Waals surface area contributed by atoms with Gasteiger partial charge in [0.25, 0.3) is 0 Å². The average Bonchev–Trinajstić information content (AvgIpc) is 3.47. The van der Waals surface area contributed by atoms with E-state index in [1.807, 2.05) is 0 Å². The topological polar surface area (TPSA) is 78.9 Å². The number of carbonyl (C=O) groups excluding carboxylic acids is 3. The van der Waals surface area contributed by atoms with Crippen molar-refractivity contribution in [2.24, 2.45) is 0 Å². The van der Waals surface area contributed by atoms with Gasteiger partial charge in [0.1, 0.15) is 13.2 Å². The average molecular weight is 1150 g/mol. The molecule has 0 heterocycles. The Kier molecular flexibility index (Phi) is 67.6. The zero-order valence-electron chi connectivity index (χ0n) is 54.8. The molecular formula is C76H136O6. The summed E-state index contributed by atoms with van der Waals surface area (Å²) < 4.78 is 17.0. The molecule has 0 radical (unpaired) electrons. The number of esters is 3. The second kappa shape index (κ2) is 70.3. The second-order valence-corrected chi connectivity index (χ2v) is 24.1. The molecule has 0 fully saturated rings. The van der Waals surface area contributed by atoms with Crippen LogP contribution in [0.4, 0.5) is 0 Å². The molecule has 0 aromatic rings. The largest absolute Gasteiger partial charge is 0.462 e. The summed E-state index contributed by atoms with van der Waals surface area (Å²) in [6, 6.07) is 0. The minimum absolute atomic E-state index is 0.0773. The fourth-order valence-corrected chi connectivity index (χ4v) is 10.6. The number of rotatable bonds is 66. The van der Waals surface area contributed by atoms with Crippen molar-refractivity contribution in [3.05, 3.63) is 72.9 Å². The molecule has 0 saturated carbocycles. The van der Waals surface area contributed by atoms with Crippen molar-refractivity contribution in [2.75, 3.05) is 13.2 Å². The van der Waals surface area contributed by atoms with Crippen LogP contribution in [0.1, 0.15) is 374 Å². The van der Waals surface area contributed by atoms with Crippen LogP contribution in [0.15, 0.2) is 72.9 Å². The summed E-state index contributed by atoms with van der Waals surface area (Å²) in [5.41, 5.74) is 0. The van der Waals surface area contributed by atoms with E-state index in [0.717, 1.165) is 109 Å². The number of allylic oxidation sites excluding steroid dienone is 12. The van der Waals surface area contributed by atoms with E-state index in [2.05, 4.69) is 93.7 Å². The van der Waals surface area contributed by atoms with E-state index < -0.39 is 6.10 Å². The molecule has 0 spiro atoms. The van der Waals surface area contributed by atoms with Crippen LogP contribution in [0.5, 0.6) is 0 Å². The fraction of sp³-hybridized carbons (Fsp3) is 0.803. The summed E-state index contributed by atoms with van der Waals surface area (Å²) in [4.78, 5) is 38.5. The molecule has 1 unspecified atom stereocenters. The summed E-state index contributed by atoms with van der Waals surface area (Å²) in [7, 11) is 0. The van der Waals surface area contributed by atoms with Crippen LogP contribution < -0.4 is 0 Å². The predicted molar refractivity (Wildman–Crippen MR) is 358 cm³/mol. The van der Waals surface area contributed by atoms with E-state index in [4.69, 9.17) is 14.2 Å². The van der Waals surface area contributed by atoms with Crippen molar-refractivity contribution in [3.63, 3.8) is 0 Å². The first-order valence-electron chi connectivity index (χ1n) is 35.9. The van der Waals surface area contributed by atoms with Crippen LogP contribution in [-0.2, 0) is 28.6 Å². The van der Waals surface area contributed by atoms with Gasteiger partial charge in [-0.05, 0) is 89.9 Å². The first kappa shape index (κ1) is 78.8. The maximum atomic E-state index is 13.0. The molecule has 0 aliphatic rings. The normalized spacial score (nSPS) is 12.5. The Balaban J connectivity index is 4.26. The molecule has 6 heteroatoms. The van der Waals surface area contributed by atoms with Crippen LogP contribution in [-0.4, -0.2) is 37.2 Å². The van der Waals surface area contributed by atoms with Crippen LogP contribution in [0.25, 0.3) is 0 Å². The van der Waals surface area contributed by atoms with Gasteiger partial charge >= 0.3 is 17.9 Å². The summed E-state index contributed by atoms with van der Waals surface area (Å²) in [5.74, 6) is -0.872. The van der Waals surface area contributed by atoms with Crippen LogP contribution in [0, 0.1) is 0 Å². The molecule has 0 N–H and O–H groups in total. The first-order chi connectivity index (χ1) is 40.5. The maximum Gasteiger partial charge on any atom is 0.306 e. The van der Waals surface area contributed by atoms with Gasteiger partial charge in [0.15, 0.2) is 6.10 Å². The monoisotopic (exact) mass is 1150 g/mol. The molecule has 0 aliphatic carbocycles. The lowest BCUT2D eigenvalue weighted by molar-refractivity contribution is -0.167. The van der Waals surface area contributed by atoms with Crippen LogP contribution >= 0.6 is 0 Å². The van der Waals surface area contributed by atoms with Gasteiger partial charge < -0.3 is 14.2 Å². The van der Waals surface area contributed by atoms with Gasteiger partial charge in [0.05, 0.1) is 0 Å². The van der Waals surface area contributed by atoms with E-state index in [1.54, 1.807) is 0 Å². The van der Waals surface area contributed by atoms with Crippen LogP contribution in [0.3, 0.4) is 0 Å². The highest BCUT2D eigenvalue weighted by atomic mass is 16.6. The lowest BCUT2D eigenvalue weighted by Gasteiger charge is -2.18.